The lowest BCUT2D eigenvalue weighted by molar-refractivity contribution is -0.136. The van der Waals surface area contributed by atoms with Crippen LogP contribution in [0.2, 0.25) is 0 Å². The molecule has 0 spiro atoms. The molecule has 0 aromatic heterocycles. The molecule has 0 aliphatic carbocycles. The van der Waals surface area contributed by atoms with Gasteiger partial charge in [-0.25, -0.2) is 0 Å². The third-order valence-corrected chi connectivity index (χ3v) is 4.80. The summed E-state index contributed by atoms with van der Waals surface area (Å²) in [5, 5.41) is 2.39. The van der Waals surface area contributed by atoms with E-state index in [0.29, 0.717) is 49.1 Å². The van der Waals surface area contributed by atoms with Crippen molar-refractivity contribution in [3.8, 4) is 11.5 Å². The first-order valence-corrected chi connectivity index (χ1v) is 9.36. The van der Waals surface area contributed by atoms with Gasteiger partial charge < -0.3 is 24.4 Å². The number of rotatable bonds is 6. The topological polar surface area (TPSA) is 60.0 Å². The molecule has 3 rings (SSSR count). The molecule has 1 fully saturated rings. The van der Waals surface area contributed by atoms with Crippen LogP contribution in [-0.4, -0.2) is 46.4 Å². The molecule has 0 saturated carbocycles. The maximum absolute atomic E-state index is 13.7. The summed E-state index contributed by atoms with van der Waals surface area (Å²) in [6, 6.07) is 8.85. The van der Waals surface area contributed by atoms with Crippen molar-refractivity contribution >= 4 is 17.3 Å². The zero-order valence-corrected chi connectivity index (χ0v) is 16.7. The van der Waals surface area contributed by atoms with Gasteiger partial charge in [-0.2, -0.15) is 13.2 Å². The number of nitrogens with one attached hydrogen (secondary N) is 1. The van der Waals surface area contributed by atoms with E-state index in [1.54, 1.807) is 24.3 Å². The van der Waals surface area contributed by atoms with E-state index in [1.807, 2.05) is 4.90 Å². The first kappa shape index (κ1) is 21.8. The number of hydrogen-bond donors (Lipinski definition) is 1. The van der Waals surface area contributed by atoms with E-state index in [4.69, 9.17) is 14.2 Å². The van der Waals surface area contributed by atoms with Gasteiger partial charge in [-0.15, -0.1) is 0 Å². The third-order valence-electron chi connectivity index (χ3n) is 4.80. The zero-order valence-electron chi connectivity index (χ0n) is 16.7. The summed E-state index contributed by atoms with van der Waals surface area (Å²) in [5.74, 6) is 0.375. The number of methoxy groups -OCH3 is 2. The van der Waals surface area contributed by atoms with Gasteiger partial charge in [0.25, 0.3) is 0 Å². The minimum atomic E-state index is -4.61. The molecule has 30 heavy (non-hydrogen) atoms. The molecular weight excluding hydrogens is 401 g/mol. The van der Waals surface area contributed by atoms with Crippen LogP contribution in [0.25, 0.3) is 0 Å². The Labute approximate surface area is 172 Å². The van der Waals surface area contributed by atoms with Crippen LogP contribution < -0.4 is 19.7 Å². The van der Waals surface area contributed by atoms with Gasteiger partial charge in [-0.1, -0.05) is 0 Å². The Balaban J connectivity index is 1.82. The normalized spacial score (nSPS) is 14.4. The number of carbonyl (C=O) groups is 1. The summed E-state index contributed by atoms with van der Waals surface area (Å²) in [4.78, 5) is 14.3. The van der Waals surface area contributed by atoms with Gasteiger partial charge in [-0.3, -0.25) is 4.79 Å². The molecule has 1 aliphatic rings. The minimum absolute atomic E-state index is 0.164. The predicted molar refractivity (Wildman–Crippen MR) is 106 cm³/mol. The summed E-state index contributed by atoms with van der Waals surface area (Å²) in [6.07, 6.45) is -4.78. The smallest absolute Gasteiger partial charge is 0.418 e. The van der Waals surface area contributed by atoms with E-state index in [-0.39, 0.29) is 12.1 Å². The number of nitrogens with zero attached hydrogens (tertiary/aromatic N) is 1. The fourth-order valence-electron chi connectivity index (χ4n) is 3.28. The molecule has 2 aromatic rings. The number of benzene rings is 2. The fraction of sp³-hybridized carbons (Fsp3) is 0.381. The standard InChI is InChI=1S/C21H23F3N2O4/c1-28-16-4-6-19(29-2)14(11-16)12-20(27)25-18-5-3-15(13-17(18)21(22,23)24)26-7-9-30-10-8-26/h3-6,11,13H,7-10,12H2,1-2H3,(H,25,27). The molecule has 0 unspecified atom stereocenters. The molecule has 0 bridgehead atoms. The maximum Gasteiger partial charge on any atom is 0.418 e. The van der Waals surface area contributed by atoms with E-state index in [1.165, 1.54) is 20.3 Å². The first-order chi connectivity index (χ1) is 14.3. The third kappa shape index (κ3) is 5.15. The Morgan fingerprint density at radius 1 is 1.10 bits per heavy atom. The number of ether oxygens (including phenoxy) is 3. The lowest BCUT2D eigenvalue weighted by Gasteiger charge is -2.29. The molecule has 0 radical (unpaired) electrons. The summed E-state index contributed by atoms with van der Waals surface area (Å²) in [6.45, 7) is 1.95. The number of morpholine rings is 1. The second-order valence-electron chi connectivity index (χ2n) is 6.73. The molecule has 1 saturated heterocycles. The molecule has 1 heterocycles. The van der Waals surface area contributed by atoms with E-state index in [2.05, 4.69) is 5.32 Å². The second-order valence-corrected chi connectivity index (χ2v) is 6.73. The maximum atomic E-state index is 13.7. The summed E-state index contributed by atoms with van der Waals surface area (Å²) >= 11 is 0. The summed E-state index contributed by atoms with van der Waals surface area (Å²) in [5.41, 5.74) is -0.227. The molecular formula is C21H23F3N2O4. The van der Waals surface area contributed by atoms with Crippen LogP contribution in [0, 0.1) is 0 Å². The highest BCUT2D eigenvalue weighted by Gasteiger charge is 2.35. The van der Waals surface area contributed by atoms with E-state index >= 15 is 0 Å². The van der Waals surface area contributed by atoms with Gasteiger partial charge in [0.15, 0.2) is 0 Å². The fourth-order valence-corrected chi connectivity index (χ4v) is 3.28. The number of alkyl halides is 3. The van der Waals surface area contributed by atoms with Gasteiger partial charge in [0, 0.05) is 24.3 Å². The largest absolute Gasteiger partial charge is 0.497 e. The average molecular weight is 424 g/mol. The van der Waals surface area contributed by atoms with E-state index in [0.717, 1.165) is 6.07 Å². The Morgan fingerprint density at radius 2 is 1.83 bits per heavy atom. The Morgan fingerprint density at radius 3 is 2.47 bits per heavy atom. The van der Waals surface area contributed by atoms with Gasteiger partial charge in [0.2, 0.25) is 5.91 Å². The van der Waals surface area contributed by atoms with Gasteiger partial charge in [0.05, 0.1) is 45.1 Å². The Kier molecular flexibility index (Phi) is 6.71. The number of anilines is 2. The van der Waals surface area contributed by atoms with Crippen molar-refractivity contribution in [1.82, 2.24) is 0 Å². The van der Waals surface area contributed by atoms with Gasteiger partial charge >= 0.3 is 6.18 Å². The highest BCUT2D eigenvalue weighted by atomic mass is 19.4. The second kappa shape index (κ2) is 9.25. The van der Waals surface area contributed by atoms with Crippen LogP contribution in [-0.2, 0) is 22.1 Å². The zero-order chi connectivity index (χ0) is 21.7. The van der Waals surface area contributed by atoms with Crippen LogP contribution in [0.1, 0.15) is 11.1 Å². The van der Waals surface area contributed by atoms with Crippen LogP contribution >= 0.6 is 0 Å². The Bertz CT molecular complexity index is 896. The van der Waals surface area contributed by atoms with Crippen molar-refractivity contribution in [3.63, 3.8) is 0 Å². The molecule has 1 aliphatic heterocycles. The SMILES string of the molecule is COc1ccc(OC)c(CC(=O)Nc2ccc(N3CCOCC3)cc2C(F)(F)F)c1. The monoisotopic (exact) mass is 424 g/mol. The molecule has 1 amide bonds. The van der Waals surface area contributed by atoms with E-state index in [9.17, 15) is 18.0 Å². The van der Waals surface area contributed by atoms with Crippen molar-refractivity contribution in [2.24, 2.45) is 0 Å². The van der Waals surface area contributed by atoms with Crippen LogP contribution in [0.5, 0.6) is 11.5 Å². The van der Waals surface area contributed by atoms with Crippen molar-refractivity contribution in [1.29, 1.82) is 0 Å². The van der Waals surface area contributed by atoms with Crippen molar-refractivity contribution in [2.75, 3.05) is 50.7 Å². The number of hydrogen-bond acceptors (Lipinski definition) is 5. The van der Waals surface area contributed by atoms with Gasteiger partial charge in [-0.05, 0) is 36.4 Å². The highest BCUT2D eigenvalue weighted by Crippen LogP contribution is 2.37. The summed E-state index contributed by atoms with van der Waals surface area (Å²) in [7, 11) is 2.94. The van der Waals surface area contributed by atoms with E-state index < -0.39 is 17.6 Å². The number of halogens is 3. The molecule has 9 heteroatoms. The molecule has 2 aromatic carbocycles. The minimum Gasteiger partial charge on any atom is -0.497 e. The molecule has 0 atom stereocenters. The van der Waals surface area contributed by atoms with Crippen LogP contribution in [0.15, 0.2) is 36.4 Å². The van der Waals surface area contributed by atoms with Crippen molar-refractivity contribution < 1.29 is 32.2 Å². The van der Waals surface area contributed by atoms with Crippen LogP contribution in [0.3, 0.4) is 0 Å². The van der Waals surface area contributed by atoms with Crippen molar-refractivity contribution in [3.05, 3.63) is 47.5 Å². The van der Waals surface area contributed by atoms with Crippen molar-refractivity contribution in [2.45, 2.75) is 12.6 Å². The quantitative estimate of drug-likeness (QED) is 0.766. The highest BCUT2D eigenvalue weighted by molar-refractivity contribution is 5.93. The van der Waals surface area contributed by atoms with Crippen LogP contribution in [0.4, 0.5) is 24.5 Å². The lowest BCUT2D eigenvalue weighted by atomic mass is 10.1. The summed E-state index contributed by atoms with van der Waals surface area (Å²) < 4.78 is 56.6. The number of amides is 1. The predicted octanol–water partition coefficient (Wildman–Crippen LogP) is 3.74. The van der Waals surface area contributed by atoms with Gasteiger partial charge in [0.1, 0.15) is 11.5 Å². The Hall–Kier alpha value is -2.94. The molecule has 1 N–H and O–H groups in total. The first-order valence-electron chi connectivity index (χ1n) is 9.36. The number of carbonyl (C=O) groups excluding carboxylic acids is 1. The molecule has 6 nitrogen and oxygen atoms in total. The molecule has 162 valence electrons. The average Bonchev–Trinajstić information content (AvgIpc) is 2.73. The lowest BCUT2D eigenvalue weighted by Crippen LogP contribution is -2.36.